The van der Waals surface area contributed by atoms with E-state index < -0.39 is 5.82 Å². The van der Waals surface area contributed by atoms with Gasteiger partial charge in [-0.15, -0.1) is 0 Å². The number of rotatable bonds is 7. The first-order chi connectivity index (χ1) is 14.0. The Balaban J connectivity index is 2.05. The molecule has 8 heteroatoms. The van der Waals surface area contributed by atoms with Crippen LogP contribution in [0, 0.1) is 5.82 Å². The Hall–Kier alpha value is -3.55. The molecule has 0 atom stereocenters. The minimum atomic E-state index is -0.400. The van der Waals surface area contributed by atoms with Gasteiger partial charge >= 0.3 is 5.97 Å². The van der Waals surface area contributed by atoms with Crippen molar-refractivity contribution in [3.05, 3.63) is 70.0 Å². The quantitative estimate of drug-likeness (QED) is 0.217. The number of aryl methyl sites for hydroxylation is 1. The fourth-order valence-corrected chi connectivity index (χ4v) is 3.07. The van der Waals surface area contributed by atoms with E-state index in [9.17, 15) is 14.0 Å². The van der Waals surface area contributed by atoms with Crippen LogP contribution in [0.2, 0.25) is 0 Å². The van der Waals surface area contributed by atoms with E-state index in [2.05, 4.69) is 14.9 Å². The summed E-state index contributed by atoms with van der Waals surface area (Å²) in [7, 11) is 1.34. The lowest BCUT2D eigenvalue weighted by molar-refractivity contribution is -0.140. The van der Waals surface area contributed by atoms with Gasteiger partial charge in [-0.1, -0.05) is 11.2 Å². The Morgan fingerprint density at radius 1 is 1.24 bits per heavy atom. The van der Waals surface area contributed by atoms with E-state index in [0.717, 1.165) is 0 Å². The topological polar surface area (TPSA) is 93.8 Å². The molecule has 1 N–H and O–H groups in total. The first-order valence-corrected chi connectivity index (χ1v) is 9.09. The second kappa shape index (κ2) is 9.09. The standard InChI is InChI=1S/C21H20FN3O4/c1-29-20(26)5-3-2-4-19-24-18-12-14(13-23-28)6-11-17(18)21(27)25(19)16-9-7-15(22)8-10-16/h6-13,28H,2-5H2,1H3. The summed E-state index contributed by atoms with van der Waals surface area (Å²) >= 11 is 0. The first-order valence-electron chi connectivity index (χ1n) is 9.09. The zero-order valence-electron chi connectivity index (χ0n) is 15.8. The SMILES string of the molecule is COC(=O)CCCCc1nc2cc(C=NO)ccc2c(=O)n1-c1ccc(F)cc1. The summed E-state index contributed by atoms with van der Waals surface area (Å²) in [6.07, 6.45) is 3.18. The van der Waals surface area contributed by atoms with Gasteiger partial charge < -0.3 is 9.94 Å². The van der Waals surface area contributed by atoms with Crippen LogP contribution in [-0.4, -0.2) is 34.1 Å². The maximum atomic E-state index is 13.4. The Morgan fingerprint density at radius 2 is 2.00 bits per heavy atom. The lowest BCUT2D eigenvalue weighted by Gasteiger charge is -2.14. The molecule has 2 aromatic carbocycles. The van der Waals surface area contributed by atoms with Crippen molar-refractivity contribution in [3.63, 3.8) is 0 Å². The highest BCUT2D eigenvalue weighted by Gasteiger charge is 2.14. The number of halogens is 1. The summed E-state index contributed by atoms with van der Waals surface area (Å²) in [6, 6.07) is 10.5. The molecule has 0 saturated heterocycles. The van der Waals surface area contributed by atoms with Gasteiger partial charge in [-0.25, -0.2) is 9.37 Å². The summed E-state index contributed by atoms with van der Waals surface area (Å²) in [5, 5.41) is 12.1. The minimum Gasteiger partial charge on any atom is -0.469 e. The second-order valence-corrected chi connectivity index (χ2v) is 6.45. The number of oxime groups is 1. The van der Waals surface area contributed by atoms with Gasteiger partial charge in [0.25, 0.3) is 5.56 Å². The number of ether oxygens (including phenoxy) is 1. The smallest absolute Gasteiger partial charge is 0.305 e. The van der Waals surface area contributed by atoms with Crippen LogP contribution in [0.25, 0.3) is 16.6 Å². The molecule has 29 heavy (non-hydrogen) atoms. The molecule has 7 nitrogen and oxygen atoms in total. The lowest BCUT2D eigenvalue weighted by Crippen LogP contribution is -2.24. The highest BCUT2D eigenvalue weighted by atomic mass is 19.1. The van der Waals surface area contributed by atoms with Crippen molar-refractivity contribution in [2.75, 3.05) is 7.11 Å². The molecule has 0 aliphatic heterocycles. The number of hydrogen-bond donors (Lipinski definition) is 1. The molecule has 0 unspecified atom stereocenters. The van der Waals surface area contributed by atoms with Crippen LogP contribution < -0.4 is 5.56 Å². The zero-order chi connectivity index (χ0) is 20.8. The molecular formula is C21H20FN3O4. The molecule has 0 amide bonds. The van der Waals surface area contributed by atoms with Gasteiger partial charge in [0.15, 0.2) is 0 Å². The molecule has 3 rings (SSSR count). The van der Waals surface area contributed by atoms with Crippen molar-refractivity contribution in [1.82, 2.24) is 9.55 Å². The average molecular weight is 397 g/mol. The van der Waals surface area contributed by atoms with E-state index in [1.165, 1.54) is 42.2 Å². The van der Waals surface area contributed by atoms with E-state index >= 15 is 0 Å². The van der Waals surface area contributed by atoms with Crippen LogP contribution in [0.1, 0.15) is 30.7 Å². The van der Waals surface area contributed by atoms with Gasteiger partial charge in [0.2, 0.25) is 0 Å². The van der Waals surface area contributed by atoms with Crippen LogP contribution in [0.15, 0.2) is 52.4 Å². The fraction of sp³-hybridized carbons (Fsp3) is 0.238. The monoisotopic (exact) mass is 397 g/mol. The normalized spacial score (nSPS) is 11.2. The van der Waals surface area contributed by atoms with Crippen molar-refractivity contribution >= 4 is 23.1 Å². The number of benzene rings is 2. The van der Waals surface area contributed by atoms with Gasteiger partial charge in [0.1, 0.15) is 11.6 Å². The third-order valence-corrected chi connectivity index (χ3v) is 4.51. The Labute approximate surface area is 166 Å². The number of carbonyl (C=O) groups is 1. The van der Waals surface area contributed by atoms with Crippen LogP contribution in [0.5, 0.6) is 0 Å². The highest BCUT2D eigenvalue weighted by Crippen LogP contribution is 2.17. The molecule has 0 bridgehead atoms. The van der Waals surface area contributed by atoms with E-state index in [-0.39, 0.29) is 17.9 Å². The van der Waals surface area contributed by atoms with Crippen LogP contribution >= 0.6 is 0 Å². The molecule has 0 saturated carbocycles. The number of unbranched alkanes of at least 4 members (excludes halogenated alkanes) is 1. The molecule has 1 aromatic heterocycles. The largest absolute Gasteiger partial charge is 0.469 e. The molecule has 0 radical (unpaired) electrons. The summed E-state index contributed by atoms with van der Waals surface area (Å²) in [6.45, 7) is 0. The van der Waals surface area contributed by atoms with E-state index in [1.54, 1.807) is 18.2 Å². The summed E-state index contributed by atoms with van der Waals surface area (Å²) in [5.41, 5.74) is 1.30. The van der Waals surface area contributed by atoms with Crippen molar-refractivity contribution < 1.29 is 19.1 Å². The summed E-state index contributed by atoms with van der Waals surface area (Å²) in [4.78, 5) is 29.1. The van der Waals surface area contributed by atoms with Crippen molar-refractivity contribution in [2.24, 2.45) is 5.16 Å². The number of carbonyl (C=O) groups excluding carboxylic acids is 1. The van der Waals surface area contributed by atoms with E-state index in [1.807, 2.05) is 0 Å². The molecule has 0 aliphatic rings. The fourth-order valence-electron chi connectivity index (χ4n) is 3.07. The highest BCUT2D eigenvalue weighted by molar-refractivity contribution is 5.88. The Bertz CT molecular complexity index is 1110. The maximum absolute atomic E-state index is 13.4. The number of hydrogen-bond acceptors (Lipinski definition) is 6. The van der Waals surface area contributed by atoms with Crippen molar-refractivity contribution in [1.29, 1.82) is 0 Å². The number of fused-ring (bicyclic) bond motifs is 1. The predicted molar refractivity (Wildman–Crippen MR) is 106 cm³/mol. The third-order valence-electron chi connectivity index (χ3n) is 4.51. The van der Waals surface area contributed by atoms with E-state index in [4.69, 9.17) is 5.21 Å². The molecule has 0 fully saturated rings. The average Bonchev–Trinajstić information content (AvgIpc) is 2.72. The molecular weight excluding hydrogens is 377 g/mol. The van der Waals surface area contributed by atoms with Crippen LogP contribution in [-0.2, 0) is 16.0 Å². The summed E-state index contributed by atoms with van der Waals surface area (Å²) in [5.74, 6) is -0.194. The number of nitrogens with zero attached hydrogens (tertiary/aromatic N) is 3. The number of aromatic nitrogens is 2. The van der Waals surface area contributed by atoms with Gasteiger partial charge in [-0.05, 0) is 54.8 Å². The van der Waals surface area contributed by atoms with Crippen LogP contribution in [0.4, 0.5) is 4.39 Å². The maximum Gasteiger partial charge on any atom is 0.305 e. The summed E-state index contributed by atoms with van der Waals surface area (Å²) < 4.78 is 19.5. The molecule has 0 aliphatic carbocycles. The molecule has 1 heterocycles. The number of esters is 1. The van der Waals surface area contributed by atoms with Crippen LogP contribution in [0.3, 0.4) is 0 Å². The van der Waals surface area contributed by atoms with Gasteiger partial charge in [0.05, 0.1) is 29.9 Å². The first kappa shape index (κ1) is 20.2. The second-order valence-electron chi connectivity index (χ2n) is 6.45. The minimum absolute atomic E-state index is 0.280. The molecule has 3 aromatic rings. The number of methoxy groups -OCH3 is 1. The zero-order valence-corrected chi connectivity index (χ0v) is 15.8. The van der Waals surface area contributed by atoms with Crippen molar-refractivity contribution in [2.45, 2.75) is 25.7 Å². The Kier molecular flexibility index (Phi) is 6.33. The third kappa shape index (κ3) is 4.66. The molecule has 150 valence electrons. The Morgan fingerprint density at radius 3 is 2.69 bits per heavy atom. The predicted octanol–water partition coefficient (Wildman–Crippen LogP) is 3.22. The lowest BCUT2D eigenvalue weighted by atomic mass is 10.1. The van der Waals surface area contributed by atoms with Gasteiger partial charge in [0, 0.05) is 12.8 Å². The van der Waals surface area contributed by atoms with E-state index in [0.29, 0.717) is 47.2 Å². The molecule has 0 spiro atoms. The van der Waals surface area contributed by atoms with Gasteiger partial charge in [-0.2, -0.15) is 0 Å². The van der Waals surface area contributed by atoms with Gasteiger partial charge in [-0.3, -0.25) is 14.2 Å². The van der Waals surface area contributed by atoms with Crippen molar-refractivity contribution in [3.8, 4) is 5.69 Å².